The van der Waals surface area contributed by atoms with Crippen LogP contribution in [0.25, 0.3) is 0 Å². The zero-order valence-electron chi connectivity index (χ0n) is 11.6. The molecule has 1 aliphatic rings. The maximum Gasteiger partial charge on any atom is 0.263 e. The zero-order valence-corrected chi connectivity index (χ0v) is 12.5. The van der Waals surface area contributed by atoms with Gasteiger partial charge in [-0.2, -0.15) is 0 Å². The highest BCUT2D eigenvalue weighted by Crippen LogP contribution is 2.26. The van der Waals surface area contributed by atoms with E-state index in [1.807, 2.05) is 20.8 Å². The van der Waals surface area contributed by atoms with Gasteiger partial charge in [-0.1, -0.05) is 20.8 Å². The summed E-state index contributed by atoms with van der Waals surface area (Å²) in [5.74, 6) is -1.07. The lowest BCUT2D eigenvalue weighted by atomic mass is 9.98. The van der Waals surface area contributed by atoms with Crippen LogP contribution in [0.15, 0.2) is 6.20 Å². The molecule has 1 fully saturated rings. The highest BCUT2D eigenvalue weighted by atomic mass is 32.1. The van der Waals surface area contributed by atoms with E-state index in [-0.39, 0.29) is 23.7 Å². The Hall–Kier alpha value is -1.76. The second kappa shape index (κ2) is 5.32. The average Bonchev–Trinajstić information content (AvgIpc) is 2.82. The molecule has 1 unspecified atom stereocenters. The predicted molar refractivity (Wildman–Crippen MR) is 74.5 cm³/mol. The summed E-state index contributed by atoms with van der Waals surface area (Å²) < 4.78 is 0. The van der Waals surface area contributed by atoms with E-state index in [1.165, 1.54) is 17.5 Å². The summed E-state index contributed by atoms with van der Waals surface area (Å²) in [7, 11) is 0. The molecule has 1 aromatic rings. The van der Waals surface area contributed by atoms with Gasteiger partial charge in [0.15, 0.2) is 0 Å². The Bertz CT molecular complexity index is 559. The zero-order chi connectivity index (χ0) is 14.9. The third-order valence-electron chi connectivity index (χ3n) is 2.92. The molecule has 7 heteroatoms. The molecule has 2 N–H and O–H groups in total. The number of carbonyl (C=O) groups excluding carboxylic acids is 3. The molecule has 1 aliphatic heterocycles. The summed E-state index contributed by atoms with van der Waals surface area (Å²) in [6.07, 6.45) is 2.10. The van der Waals surface area contributed by atoms with Gasteiger partial charge >= 0.3 is 0 Å². The number of hydrogen-bond donors (Lipinski definition) is 2. The van der Waals surface area contributed by atoms with Crippen LogP contribution in [0.1, 0.15) is 48.3 Å². The quantitative estimate of drug-likeness (QED) is 0.796. The Balaban J connectivity index is 2.03. The molecule has 1 atom stereocenters. The van der Waals surface area contributed by atoms with Crippen LogP contribution in [0.5, 0.6) is 0 Å². The largest absolute Gasteiger partial charge is 0.339 e. The molecule has 3 amide bonds. The minimum absolute atomic E-state index is 0.113. The van der Waals surface area contributed by atoms with Crippen molar-refractivity contribution in [2.45, 2.75) is 45.1 Å². The highest BCUT2D eigenvalue weighted by molar-refractivity contribution is 7.13. The number of amides is 3. The number of carbonyl (C=O) groups is 3. The smallest absolute Gasteiger partial charge is 0.263 e. The average molecular weight is 295 g/mol. The van der Waals surface area contributed by atoms with Crippen LogP contribution in [-0.4, -0.2) is 28.7 Å². The molecule has 6 nitrogen and oxygen atoms in total. The van der Waals surface area contributed by atoms with Crippen molar-refractivity contribution < 1.29 is 14.4 Å². The van der Waals surface area contributed by atoms with E-state index in [0.717, 1.165) is 5.01 Å². The van der Waals surface area contributed by atoms with Gasteiger partial charge in [0.1, 0.15) is 10.9 Å². The second-order valence-corrected chi connectivity index (χ2v) is 6.79. The first kappa shape index (κ1) is 14.6. The van der Waals surface area contributed by atoms with Gasteiger partial charge in [0, 0.05) is 11.8 Å². The highest BCUT2D eigenvalue weighted by Gasteiger charge is 2.29. The first-order valence-corrected chi connectivity index (χ1v) is 7.20. The number of hydrogen-bond acceptors (Lipinski definition) is 5. The first-order valence-electron chi connectivity index (χ1n) is 6.38. The summed E-state index contributed by atoms with van der Waals surface area (Å²) in [5.41, 5.74) is -0.113. The van der Waals surface area contributed by atoms with E-state index in [0.29, 0.717) is 11.3 Å². The molecule has 2 heterocycles. The van der Waals surface area contributed by atoms with Crippen molar-refractivity contribution in [1.29, 1.82) is 0 Å². The lowest BCUT2D eigenvalue weighted by molar-refractivity contribution is -0.134. The summed E-state index contributed by atoms with van der Waals surface area (Å²) >= 11 is 1.32. The molecule has 1 aromatic heterocycles. The molecule has 2 rings (SSSR count). The number of rotatable bonds is 2. The number of nitrogens with zero attached hydrogens (tertiary/aromatic N) is 1. The lowest BCUT2D eigenvalue weighted by Gasteiger charge is -2.21. The standard InChI is InChI=1S/C13H17N3O3S/c1-13(2,3)12-14-6-8(20-12)11(19)15-7-4-5-9(17)16-10(7)18/h6-7H,4-5H2,1-3H3,(H,15,19)(H,16,17,18). The van der Waals surface area contributed by atoms with E-state index in [9.17, 15) is 14.4 Å². The Morgan fingerprint density at radius 1 is 1.45 bits per heavy atom. The summed E-state index contributed by atoms with van der Waals surface area (Å²) in [6.45, 7) is 6.06. The summed E-state index contributed by atoms with van der Waals surface area (Å²) in [5, 5.41) is 5.71. The van der Waals surface area contributed by atoms with Gasteiger partial charge < -0.3 is 5.32 Å². The Morgan fingerprint density at radius 3 is 2.70 bits per heavy atom. The van der Waals surface area contributed by atoms with Gasteiger partial charge in [-0.15, -0.1) is 11.3 Å². The number of thiazole rings is 1. The number of piperidine rings is 1. The van der Waals surface area contributed by atoms with Crippen molar-refractivity contribution in [3.63, 3.8) is 0 Å². The monoisotopic (exact) mass is 295 g/mol. The topological polar surface area (TPSA) is 88.2 Å². The SMILES string of the molecule is CC(C)(C)c1ncc(C(=O)NC2CCC(=O)NC2=O)s1. The fourth-order valence-corrected chi connectivity index (χ4v) is 2.66. The Morgan fingerprint density at radius 2 is 2.15 bits per heavy atom. The van der Waals surface area contributed by atoms with E-state index in [4.69, 9.17) is 0 Å². The van der Waals surface area contributed by atoms with Gasteiger partial charge in [-0.25, -0.2) is 4.98 Å². The summed E-state index contributed by atoms with van der Waals surface area (Å²) in [6, 6.07) is -0.652. The van der Waals surface area contributed by atoms with Crippen molar-refractivity contribution in [1.82, 2.24) is 15.6 Å². The molecule has 1 saturated heterocycles. The van der Waals surface area contributed by atoms with Gasteiger partial charge in [-0.3, -0.25) is 19.7 Å². The summed E-state index contributed by atoms with van der Waals surface area (Å²) in [4.78, 5) is 39.4. The van der Waals surface area contributed by atoms with Crippen molar-refractivity contribution in [3.05, 3.63) is 16.1 Å². The third kappa shape index (κ3) is 3.22. The normalized spacial score (nSPS) is 19.6. The van der Waals surface area contributed by atoms with Crippen molar-refractivity contribution >= 4 is 29.1 Å². The van der Waals surface area contributed by atoms with Crippen LogP contribution in [-0.2, 0) is 15.0 Å². The molecule has 0 spiro atoms. The lowest BCUT2D eigenvalue weighted by Crippen LogP contribution is -2.52. The molecular weight excluding hydrogens is 278 g/mol. The van der Waals surface area contributed by atoms with Crippen LogP contribution in [0.3, 0.4) is 0 Å². The van der Waals surface area contributed by atoms with Crippen LogP contribution in [0.2, 0.25) is 0 Å². The molecule has 0 aliphatic carbocycles. The molecule has 0 saturated carbocycles. The Labute approximate surface area is 121 Å². The fraction of sp³-hybridized carbons (Fsp3) is 0.538. The second-order valence-electron chi connectivity index (χ2n) is 5.76. The van der Waals surface area contributed by atoms with E-state index < -0.39 is 11.9 Å². The Kier molecular flexibility index (Phi) is 3.89. The molecule has 108 valence electrons. The van der Waals surface area contributed by atoms with E-state index in [1.54, 1.807) is 0 Å². The van der Waals surface area contributed by atoms with Crippen LogP contribution >= 0.6 is 11.3 Å². The van der Waals surface area contributed by atoms with E-state index in [2.05, 4.69) is 15.6 Å². The maximum atomic E-state index is 12.1. The number of imide groups is 1. The molecule has 20 heavy (non-hydrogen) atoms. The van der Waals surface area contributed by atoms with E-state index >= 15 is 0 Å². The minimum atomic E-state index is -0.652. The predicted octanol–water partition coefficient (Wildman–Crippen LogP) is 0.976. The van der Waals surface area contributed by atoms with Gasteiger partial charge in [0.2, 0.25) is 11.8 Å². The third-order valence-corrected chi connectivity index (χ3v) is 4.34. The maximum absolute atomic E-state index is 12.1. The van der Waals surface area contributed by atoms with Gasteiger partial charge in [0.05, 0.1) is 11.2 Å². The molecule has 0 bridgehead atoms. The molecular formula is C13H17N3O3S. The molecule has 0 radical (unpaired) electrons. The first-order chi connectivity index (χ1) is 9.27. The minimum Gasteiger partial charge on any atom is -0.339 e. The number of nitrogens with one attached hydrogen (secondary N) is 2. The van der Waals surface area contributed by atoms with Crippen molar-refractivity contribution in [3.8, 4) is 0 Å². The van der Waals surface area contributed by atoms with Crippen molar-refractivity contribution in [2.75, 3.05) is 0 Å². The van der Waals surface area contributed by atoms with Gasteiger partial charge in [-0.05, 0) is 6.42 Å². The van der Waals surface area contributed by atoms with Crippen LogP contribution in [0, 0.1) is 0 Å². The van der Waals surface area contributed by atoms with Crippen LogP contribution in [0.4, 0.5) is 0 Å². The number of aromatic nitrogens is 1. The van der Waals surface area contributed by atoms with Gasteiger partial charge in [0.25, 0.3) is 5.91 Å². The fourth-order valence-electron chi connectivity index (χ4n) is 1.79. The van der Waals surface area contributed by atoms with Crippen LogP contribution < -0.4 is 10.6 Å². The molecule has 0 aromatic carbocycles. The van der Waals surface area contributed by atoms with Crippen molar-refractivity contribution in [2.24, 2.45) is 0 Å².